The minimum absolute atomic E-state index is 0.310. The van der Waals surface area contributed by atoms with Gasteiger partial charge >= 0.3 is 0 Å². The number of nitrogens with zero attached hydrogens (tertiary/aromatic N) is 4. The summed E-state index contributed by atoms with van der Waals surface area (Å²) in [5, 5.41) is 18.8. The lowest BCUT2D eigenvalue weighted by molar-refractivity contribution is 0.957. The molecule has 0 aliphatic carbocycles. The fourth-order valence-corrected chi connectivity index (χ4v) is 1.04. The van der Waals surface area contributed by atoms with Crippen LogP contribution in [0.2, 0.25) is 0 Å². The van der Waals surface area contributed by atoms with E-state index in [1.54, 1.807) is 6.20 Å². The molecular weight excluding hydrogens is 154 g/mol. The maximum atomic E-state index is 8.65. The van der Waals surface area contributed by atoms with Crippen molar-refractivity contribution in [3.63, 3.8) is 0 Å². The first-order valence-electron chi connectivity index (χ1n) is 3.39. The molecule has 0 fully saturated rings. The number of aromatic amines is 1. The Kier molecular flexibility index (Phi) is 1.27. The van der Waals surface area contributed by atoms with Crippen molar-refractivity contribution >= 4 is 11.0 Å². The summed E-state index contributed by atoms with van der Waals surface area (Å²) in [4.78, 5) is 3.91. The van der Waals surface area contributed by atoms with Crippen molar-refractivity contribution in [2.75, 3.05) is 0 Å². The van der Waals surface area contributed by atoms with E-state index in [1.165, 1.54) is 0 Å². The molecule has 0 aromatic carbocycles. The smallest absolute Gasteiger partial charge is 0.170 e. The highest BCUT2D eigenvalue weighted by atomic mass is 15.3. The third-order valence-corrected chi connectivity index (χ3v) is 1.64. The quantitative estimate of drug-likeness (QED) is 0.608. The molecule has 0 aliphatic heterocycles. The van der Waals surface area contributed by atoms with Crippen molar-refractivity contribution in [3.8, 4) is 6.07 Å². The Morgan fingerprint density at radius 2 is 2.17 bits per heavy atom. The van der Waals surface area contributed by atoms with Gasteiger partial charge in [-0.25, -0.2) is 4.98 Å². The average molecular weight is 159 g/mol. The molecule has 58 valence electrons. The predicted molar refractivity (Wildman–Crippen MR) is 41.1 cm³/mol. The van der Waals surface area contributed by atoms with Crippen molar-refractivity contribution in [1.29, 1.82) is 5.26 Å². The summed E-state index contributed by atoms with van der Waals surface area (Å²) in [6.07, 6.45) is 1.61. The van der Waals surface area contributed by atoms with Gasteiger partial charge in [0, 0.05) is 6.20 Å². The Morgan fingerprint density at radius 1 is 1.42 bits per heavy atom. The summed E-state index contributed by atoms with van der Waals surface area (Å²) in [5.41, 5.74) is 2.47. The number of hydrogen-bond acceptors (Lipinski definition) is 4. The van der Waals surface area contributed by atoms with Gasteiger partial charge in [-0.1, -0.05) is 0 Å². The number of hydrogen-bond donors (Lipinski definition) is 1. The van der Waals surface area contributed by atoms with Gasteiger partial charge in [-0.05, 0) is 12.5 Å². The van der Waals surface area contributed by atoms with Gasteiger partial charge in [0.2, 0.25) is 0 Å². The summed E-state index contributed by atoms with van der Waals surface area (Å²) in [7, 11) is 0. The molecular formula is C7H5N5. The maximum absolute atomic E-state index is 8.65. The minimum atomic E-state index is 0.310. The molecule has 2 rings (SSSR count). The number of nitriles is 1. The summed E-state index contributed by atoms with van der Waals surface area (Å²) in [6.45, 7) is 1.87. The lowest BCUT2D eigenvalue weighted by atomic mass is 10.2. The first-order chi connectivity index (χ1) is 5.83. The van der Waals surface area contributed by atoms with Crippen molar-refractivity contribution in [2.45, 2.75) is 6.92 Å². The molecule has 1 N–H and O–H groups in total. The molecule has 0 saturated carbocycles. The molecule has 0 radical (unpaired) electrons. The number of aryl methyl sites for hydroxylation is 1. The molecule has 2 heterocycles. The van der Waals surface area contributed by atoms with Crippen LogP contribution in [0.5, 0.6) is 0 Å². The van der Waals surface area contributed by atoms with E-state index in [1.807, 2.05) is 13.0 Å². The summed E-state index contributed by atoms with van der Waals surface area (Å²) in [6, 6.07) is 1.95. The fraction of sp³-hybridized carbons (Fsp3) is 0.143. The van der Waals surface area contributed by atoms with E-state index in [9.17, 15) is 0 Å². The highest BCUT2D eigenvalue weighted by Crippen LogP contribution is 2.13. The normalized spacial score (nSPS) is 10.0. The van der Waals surface area contributed by atoms with E-state index in [4.69, 9.17) is 5.26 Å². The van der Waals surface area contributed by atoms with Gasteiger partial charge in [0.1, 0.15) is 17.1 Å². The largest absolute Gasteiger partial charge is 0.243 e. The number of nitrogens with one attached hydrogen (secondary N) is 1. The number of pyridine rings is 1. The topological polar surface area (TPSA) is 78.2 Å². The zero-order valence-electron chi connectivity index (χ0n) is 6.37. The maximum Gasteiger partial charge on any atom is 0.170 e. The second-order valence-electron chi connectivity index (χ2n) is 2.42. The van der Waals surface area contributed by atoms with Gasteiger partial charge < -0.3 is 0 Å². The first kappa shape index (κ1) is 6.73. The highest BCUT2D eigenvalue weighted by Gasteiger charge is 2.07. The van der Waals surface area contributed by atoms with Gasteiger partial charge in [0.05, 0.1) is 0 Å². The fourth-order valence-electron chi connectivity index (χ4n) is 1.04. The van der Waals surface area contributed by atoms with Crippen molar-refractivity contribution < 1.29 is 0 Å². The summed E-state index contributed by atoms with van der Waals surface area (Å²) in [5.74, 6) is 0. The van der Waals surface area contributed by atoms with Gasteiger partial charge in [0.15, 0.2) is 5.69 Å². The minimum Gasteiger partial charge on any atom is -0.243 e. The van der Waals surface area contributed by atoms with Gasteiger partial charge in [-0.2, -0.15) is 20.7 Å². The van der Waals surface area contributed by atoms with Crippen LogP contribution in [0.4, 0.5) is 0 Å². The Bertz CT molecular complexity index is 464. The van der Waals surface area contributed by atoms with Gasteiger partial charge in [-0.15, -0.1) is 0 Å². The van der Waals surface area contributed by atoms with E-state index in [-0.39, 0.29) is 0 Å². The first-order valence-corrected chi connectivity index (χ1v) is 3.39. The van der Waals surface area contributed by atoms with E-state index < -0.39 is 0 Å². The van der Waals surface area contributed by atoms with E-state index in [2.05, 4.69) is 20.4 Å². The van der Waals surface area contributed by atoms with E-state index in [0.29, 0.717) is 16.7 Å². The molecule has 0 spiro atoms. The summed E-state index contributed by atoms with van der Waals surface area (Å²) >= 11 is 0. The third-order valence-electron chi connectivity index (χ3n) is 1.64. The predicted octanol–water partition coefficient (Wildman–Crippen LogP) is 0.533. The number of fused-ring (bicyclic) bond motifs is 1. The van der Waals surface area contributed by atoms with E-state index >= 15 is 0 Å². The number of rotatable bonds is 0. The third kappa shape index (κ3) is 0.751. The Hall–Kier alpha value is -1.96. The van der Waals surface area contributed by atoms with Crippen LogP contribution in [-0.2, 0) is 0 Å². The molecule has 0 unspecified atom stereocenters. The van der Waals surface area contributed by atoms with Crippen molar-refractivity contribution in [2.24, 2.45) is 0 Å². The zero-order valence-corrected chi connectivity index (χ0v) is 6.37. The molecule has 5 heteroatoms. The van der Waals surface area contributed by atoms with Crippen molar-refractivity contribution in [3.05, 3.63) is 17.5 Å². The highest BCUT2D eigenvalue weighted by molar-refractivity contribution is 5.80. The Morgan fingerprint density at radius 3 is 2.92 bits per heavy atom. The molecule has 0 aliphatic rings. The van der Waals surface area contributed by atoms with Crippen LogP contribution in [0.25, 0.3) is 11.0 Å². The second-order valence-corrected chi connectivity index (χ2v) is 2.42. The molecule has 0 amide bonds. The summed E-state index contributed by atoms with van der Waals surface area (Å²) < 4.78 is 0. The lowest BCUT2D eigenvalue weighted by Gasteiger charge is -1.91. The molecule has 5 nitrogen and oxygen atoms in total. The standard InChI is InChI=1S/C7H5N5/c1-4-3-9-5(2-8)7-6(4)10-12-11-7/h3H,1H3,(H,10,11,12). The second kappa shape index (κ2) is 2.27. The Balaban J connectivity index is 2.94. The zero-order chi connectivity index (χ0) is 8.55. The molecule has 2 aromatic heterocycles. The molecule has 2 aromatic rings. The molecule has 0 bridgehead atoms. The molecule has 0 saturated heterocycles. The van der Waals surface area contributed by atoms with Crippen LogP contribution in [-0.4, -0.2) is 20.4 Å². The number of H-pyrrole nitrogens is 1. The lowest BCUT2D eigenvalue weighted by Crippen LogP contribution is -1.86. The van der Waals surface area contributed by atoms with Gasteiger partial charge in [-0.3, -0.25) is 0 Å². The molecule has 12 heavy (non-hydrogen) atoms. The van der Waals surface area contributed by atoms with E-state index in [0.717, 1.165) is 5.56 Å². The van der Waals surface area contributed by atoms with Crippen LogP contribution < -0.4 is 0 Å². The number of aromatic nitrogens is 4. The van der Waals surface area contributed by atoms with Crippen LogP contribution in [0.1, 0.15) is 11.3 Å². The van der Waals surface area contributed by atoms with Crippen LogP contribution in [0.15, 0.2) is 6.20 Å². The SMILES string of the molecule is Cc1cnc(C#N)c2n[nH]nc12. The Labute approximate surface area is 68.0 Å². The van der Waals surface area contributed by atoms with Gasteiger partial charge in [0.25, 0.3) is 0 Å². The monoisotopic (exact) mass is 159 g/mol. The van der Waals surface area contributed by atoms with Crippen LogP contribution in [0, 0.1) is 18.3 Å². The average Bonchev–Trinajstić information content (AvgIpc) is 2.54. The van der Waals surface area contributed by atoms with Crippen LogP contribution in [0.3, 0.4) is 0 Å². The van der Waals surface area contributed by atoms with Crippen molar-refractivity contribution in [1.82, 2.24) is 20.4 Å². The molecule has 0 atom stereocenters. The van der Waals surface area contributed by atoms with Crippen LogP contribution >= 0.6 is 0 Å².